The van der Waals surface area contributed by atoms with E-state index in [0.29, 0.717) is 18.5 Å². The van der Waals surface area contributed by atoms with Crippen LogP contribution < -0.4 is 5.32 Å². The van der Waals surface area contributed by atoms with Crippen LogP contribution in [0, 0.1) is 16.7 Å². The van der Waals surface area contributed by atoms with Crippen molar-refractivity contribution in [2.24, 2.45) is 16.7 Å². The summed E-state index contributed by atoms with van der Waals surface area (Å²) in [5.74, 6) is -6.22. The summed E-state index contributed by atoms with van der Waals surface area (Å²) in [6, 6.07) is 14.7. The molecule has 1 saturated heterocycles. The highest BCUT2D eigenvalue weighted by Gasteiger charge is 2.78. The number of aliphatic hydroxyl groups excluding tert-OH is 2. The third kappa shape index (κ3) is 9.24. The Kier molecular flexibility index (Phi) is 14.3. The number of rotatable bonds is 13. The van der Waals surface area contributed by atoms with Crippen molar-refractivity contribution >= 4 is 35.8 Å². The van der Waals surface area contributed by atoms with E-state index < -0.39 is 118 Å². The van der Waals surface area contributed by atoms with Crippen molar-refractivity contribution in [1.82, 2.24) is 10.2 Å². The lowest BCUT2D eigenvalue weighted by Crippen LogP contribution is -2.81. The van der Waals surface area contributed by atoms with Crippen molar-refractivity contribution in [2.45, 2.75) is 141 Å². The van der Waals surface area contributed by atoms with Gasteiger partial charge < -0.3 is 49.1 Å². The van der Waals surface area contributed by atoms with E-state index >= 15 is 4.79 Å². The zero-order chi connectivity index (χ0) is 48.7. The van der Waals surface area contributed by atoms with Crippen molar-refractivity contribution in [3.05, 3.63) is 82.9 Å². The molecular formula is C49H64N2O15. The van der Waals surface area contributed by atoms with E-state index in [1.807, 2.05) is 6.92 Å². The molecule has 17 nitrogen and oxygen atoms in total. The van der Waals surface area contributed by atoms with Crippen molar-refractivity contribution in [3.8, 4) is 0 Å². The van der Waals surface area contributed by atoms with Crippen LogP contribution in [0.3, 0.4) is 0 Å². The van der Waals surface area contributed by atoms with Crippen LogP contribution in [0.5, 0.6) is 0 Å². The maximum atomic E-state index is 15.2. The molecule has 0 aromatic heterocycles. The normalized spacial score (nSPS) is 31.0. The van der Waals surface area contributed by atoms with Gasteiger partial charge in [-0.1, -0.05) is 69.3 Å². The molecule has 3 aliphatic carbocycles. The second kappa shape index (κ2) is 18.8. The highest BCUT2D eigenvalue weighted by atomic mass is 16.6. The first-order chi connectivity index (χ1) is 30.8. The molecule has 1 aliphatic heterocycles. The Morgan fingerprint density at radius 3 is 2.15 bits per heavy atom. The lowest BCUT2D eigenvalue weighted by molar-refractivity contribution is -0.346. The number of ketones is 1. The average Bonchev–Trinajstić information content (AvgIpc) is 3.23. The fourth-order valence-corrected chi connectivity index (χ4v) is 10.5. The van der Waals surface area contributed by atoms with Gasteiger partial charge in [0, 0.05) is 25.2 Å². The van der Waals surface area contributed by atoms with E-state index in [2.05, 4.69) is 5.32 Å². The molecule has 11 atom stereocenters. The molecule has 6 rings (SSSR count). The SMILES string of the molecule is CCCN(C)CC(=O)O[C@@H](C(=O)O[C@H]1C[C@@]2(O)C(OC(=O)c3ccccc3)C3[C@]4(OC(C)=O)COC4C[C@H](O)[C@@]3(C)C(=O)[C@H](O)C(=C1C)C2(C)C)[C@@H](NC(=O)OC(C)(C)C)c1ccccc1. The molecule has 66 heavy (non-hydrogen) atoms. The number of nitrogens with zero attached hydrogens (tertiary/aromatic N) is 1. The standard InChI is InChI=1S/C49H64N2O15/c1-11-22-51(10)25-34(54)63-38(36(29-18-14-12-15-19-29)50-44(59)66-45(4,5)6)43(58)62-31-24-49(60)41(64-42(57)30-20-16-13-17-21-30)39-47(9,40(56)37(55)35(27(31)2)46(49,7)8)32(53)23-33-48(39,26-61-33)65-28(3)52/h12-21,31-33,36-39,41,53,55,60H,11,22-26H2,1-10H3,(H,50,59)/t31-,32-,33?,36-,37+,38+,39?,41?,47+,48-,49+/m0/s1. The topological polar surface area (TPSA) is 234 Å². The molecule has 1 amide bonds. The highest BCUT2D eigenvalue weighted by molar-refractivity contribution is 5.94. The molecule has 2 saturated carbocycles. The minimum Gasteiger partial charge on any atom is -0.455 e. The van der Waals surface area contributed by atoms with E-state index in [0.717, 1.165) is 6.92 Å². The maximum absolute atomic E-state index is 15.2. The van der Waals surface area contributed by atoms with Gasteiger partial charge >= 0.3 is 30.0 Å². The highest BCUT2D eigenvalue weighted by Crippen LogP contribution is 2.64. The number of alkyl carbamates (subject to hydrolysis) is 1. The first-order valence-electron chi connectivity index (χ1n) is 22.4. The summed E-state index contributed by atoms with van der Waals surface area (Å²) in [4.78, 5) is 86.3. The number of likely N-dealkylation sites (N-methyl/N-ethyl adjacent to an activating group) is 1. The number of carbonyl (C=O) groups excluding carboxylic acids is 6. The first-order valence-corrected chi connectivity index (χ1v) is 22.4. The molecule has 3 fully saturated rings. The Bertz CT molecular complexity index is 2210. The third-order valence-electron chi connectivity index (χ3n) is 13.8. The lowest BCUT2D eigenvalue weighted by Gasteiger charge is -2.67. The van der Waals surface area contributed by atoms with Gasteiger partial charge in [-0.05, 0) is 83.5 Å². The van der Waals surface area contributed by atoms with Gasteiger partial charge in [-0.25, -0.2) is 14.4 Å². The van der Waals surface area contributed by atoms with Crippen molar-refractivity contribution in [3.63, 3.8) is 0 Å². The number of hydrogen-bond acceptors (Lipinski definition) is 16. The summed E-state index contributed by atoms with van der Waals surface area (Å²) in [6.45, 7) is 14.0. The molecule has 1 heterocycles. The lowest BCUT2D eigenvalue weighted by atomic mass is 9.44. The van der Waals surface area contributed by atoms with Crippen molar-refractivity contribution in [2.75, 3.05) is 26.7 Å². The number of benzene rings is 2. The second-order valence-electron chi connectivity index (χ2n) is 19.8. The molecule has 0 spiro atoms. The number of fused-ring (bicyclic) bond motifs is 5. The Morgan fingerprint density at radius 1 is 0.970 bits per heavy atom. The summed E-state index contributed by atoms with van der Waals surface area (Å²) in [5.41, 5.74) is -8.40. The predicted molar refractivity (Wildman–Crippen MR) is 235 cm³/mol. The van der Waals surface area contributed by atoms with Crippen molar-refractivity contribution < 1.29 is 72.5 Å². The van der Waals surface area contributed by atoms with Gasteiger partial charge in [0.1, 0.15) is 41.7 Å². The van der Waals surface area contributed by atoms with Gasteiger partial charge in [0.25, 0.3) is 0 Å². The smallest absolute Gasteiger partial charge is 0.408 e. The number of amides is 1. The molecule has 4 N–H and O–H groups in total. The monoisotopic (exact) mass is 920 g/mol. The van der Waals surface area contributed by atoms with Crippen LogP contribution in [0.4, 0.5) is 4.79 Å². The van der Waals surface area contributed by atoms with Gasteiger partial charge in [0.15, 0.2) is 11.4 Å². The number of carbonyl (C=O) groups is 6. The summed E-state index contributed by atoms with van der Waals surface area (Å²) < 4.78 is 36.1. The summed E-state index contributed by atoms with van der Waals surface area (Å²) in [5, 5.41) is 40.8. The number of aliphatic hydroxyl groups is 3. The molecule has 360 valence electrons. The van der Waals surface area contributed by atoms with E-state index in [1.165, 1.54) is 26.0 Å². The van der Waals surface area contributed by atoms with E-state index in [1.54, 1.807) is 95.1 Å². The maximum Gasteiger partial charge on any atom is 0.408 e. The van der Waals surface area contributed by atoms with Gasteiger partial charge in [0.05, 0.1) is 36.2 Å². The Hall–Kier alpha value is -5.20. The summed E-state index contributed by atoms with van der Waals surface area (Å²) in [7, 11) is 1.70. The minimum absolute atomic E-state index is 0.0674. The largest absolute Gasteiger partial charge is 0.455 e. The van der Waals surface area contributed by atoms with Crippen LogP contribution in [-0.2, 0) is 47.6 Å². The van der Waals surface area contributed by atoms with Crippen molar-refractivity contribution in [1.29, 1.82) is 0 Å². The van der Waals surface area contributed by atoms with Crippen LogP contribution in [0.2, 0.25) is 0 Å². The molecule has 4 aliphatic rings. The van der Waals surface area contributed by atoms with E-state index in [9.17, 15) is 39.3 Å². The minimum atomic E-state index is -2.40. The second-order valence-corrected chi connectivity index (χ2v) is 19.8. The Balaban J connectivity index is 1.52. The predicted octanol–water partition coefficient (Wildman–Crippen LogP) is 4.15. The molecule has 0 radical (unpaired) electrons. The van der Waals surface area contributed by atoms with Gasteiger partial charge in [-0.15, -0.1) is 0 Å². The van der Waals surface area contributed by atoms with Gasteiger partial charge in [-0.3, -0.25) is 19.3 Å². The van der Waals surface area contributed by atoms with E-state index in [4.69, 9.17) is 28.4 Å². The van der Waals surface area contributed by atoms with Crippen LogP contribution in [0.15, 0.2) is 71.8 Å². The van der Waals surface area contributed by atoms with E-state index in [-0.39, 0.29) is 36.3 Å². The molecule has 2 aromatic rings. The fourth-order valence-electron chi connectivity index (χ4n) is 10.5. The zero-order valence-corrected chi connectivity index (χ0v) is 39.3. The van der Waals surface area contributed by atoms with Crippen LogP contribution >= 0.6 is 0 Å². The quantitative estimate of drug-likeness (QED) is 0.126. The Morgan fingerprint density at radius 2 is 1.59 bits per heavy atom. The van der Waals surface area contributed by atoms with Crippen LogP contribution in [0.25, 0.3) is 0 Å². The molecule has 3 unspecified atom stereocenters. The molecule has 17 heteroatoms. The van der Waals surface area contributed by atoms with Crippen LogP contribution in [-0.4, -0.2) is 136 Å². The molecular weight excluding hydrogens is 857 g/mol. The number of ether oxygens (including phenoxy) is 6. The van der Waals surface area contributed by atoms with Gasteiger partial charge in [-0.2, -0.15) is 0 Å². The Labute approximate surface area is 385 Å². The number of nitrogens with one attached hydrogen (secondary N) is 1. The van der Waals surface area contributed by atoms with Crippen LogP contribution in [0.1, 0.15) is 104 Å². The number of Topliss-reactive ketones (excluding diaryl/α,β-unsaturated/α-hetero) is 1. The third-order valence-corrected chi connectivity index (χ3v) is 13.8. The zero-order valence-electron chi connectivity index (χ0n) is 39.3. The number of esters is 4. The van der Waals surface area contributed by atoms with Gasteiger partial charge in [0.2, 0.25) is 6.10 Å². The fraction of sp³-hybridized carbons (Fsp3) is 0.592. The summed E-state index contributed by atoms with van der Waals surface area (Å²) >= 11 is 0. The molecule has 2 bridgehead atoms. The average molecular weight is 921 g/mol. The summed E-state index contributed by atoms with van der Waals surface area (Å²) in [6.07, 6.45) is -10.9. The first kappa shape index (κ1) is 50.2. The number of hydrogen-bond donors (Lipinski definition) is 4. The molecule has 2 aromatic carbocycles.